The molecule has 5 heteroatoms. The first kappa shape index (κ1) is 7.27. The molecule has 1 rings (SSSR count). The summed E-state index contributed by atoms with van der Waals surface area (Å²) in [5.74, 6) is 0. The molecule has 1 atom stereocenters. The lowest BCUT2D eigenvalue weighted by molar-refractivity contribution is 0.660. The Kier molecular flexibility index (Phi) is 1.52. The predicted molar refractivity (Wildman–Crippen MR) is 38.3 cm³/mol. The highest BCUT2D eigenvalue weighted by Gasteiger charge is 2.06. The van der Waals surface area contributed by atoms with Gasteiger partial charge in [0.25, 0.3) is 0 Å². The molecule has 1 heterocycles. The molecule has 56 valence electrons. The fourth-order valence-corrected chi connectivity index (χ4v) is 1.60. The maximum absolute atomic E-state index is 11.1. The van der Waals surface area contributed by atoms with E-state index in [1.165, 1.54) is 12.5 Å². The van der Waals surface area contributed by atoms with Crippen LogP contribution in [0.5, 0.6) is 0 Å². The van der Waals surface area contributed by atoms with Gasteiger partial charge in [0.2, 0.25) is 5.16 Å². The van der Waals surface area contributed by atoms with Gasteiger partial charge in [0.1, 0.15) is 9.73 Å². The molecule has 0 amide bonds. The minimum atomic E-state index is -2.64. The second kappa shape index (κ2) is 2.09. The number of hydrogen-bond donors (Lipinski definition) is 1. The van der Waals surface area contributed by atoms with Gasteiger partial charge in [-0.15, -0.1) is 0 Å². The van der Waals surface area contributed by atoms with E-state index in [0.29, 0.717) is 5.16 Å². The monoisotopic (exact) mass is 159 g/mol. The summed E-state index contributed by atoms with van der Waals surface area (Å²) >= 11 is 0. The van der Waals surface area contributed by atoms with Crippen molar-refractivity contribution >= 4 is 9.73 Å². The molecule has 0 radical (unpaired) electrons. The van der Waals surface area contributed by atoms with E-state index >= 15 is 0 Å². The van der Waals surface area contributed by atoms with Crippen LogP contribution in [0.3, 0.4) is 0 Å². The van der Waals surface area contributed by atoms with Gasteiger partial charge in [-0.1, -0.05) is 0 Å². The van der Waals surface area contributed by atoms with Crippen LogP contribution in [-0.2, 0) is 16.8 Å². The zero-order chi connectivity index (χ0) is 7.78. The number of nitrogens with zero attached hydrogens (tertiary/aromatic N) is 2. The molecule has 0 bridgehead atoms. The first-order chi connectivity index (χ1) is 4.52. The highest BCUT2D eigenvalue weighted by molar-refractivity contribution is 7.91. The summed E-state index contributed by atoms with van der Waals surface area (Å²) in [6.45, 7) is 0. The maximum Gasteiger partial charge on any atom is 0.206 e. The van der Waals surface area contributed by atoms with Gasteiger partial charge in [-0.25, -0.2) is 14.0 Å². The summed E-state index contributed by atoms with van der Waals surface area (Å²) in [6, 6.07) is 0. The summed E-state index contributed by atoms with van der Waals surface area (Å²) in [6.07, 6.45) is 4.56. The smallest absolute Gasteiger partial charge is 0.206 e. The fraction of sp³-hybridized carbons (Fsp3) is 0.400. The zero-order valence-corrected chi connectivity index (χ0v) is 6.68. The molecular weight excluding hydrogens is 150 g/mol. The van der Waals surface area contributed by atoms with Gasteiger partial charge < -0.3 is 4.57 Å². The zero-order valence-electron chi connectivity index (χ0n) is 5.87. The topological polar surface area (TPSA) is 58.7 Å². The molecule has 0 spiro atoms. The number of hydrogen-bond acceptors (Lipinski definition) is 3. The third-order valence-electron chi connectivity index (χ3n) is 1.13. The van der Waals surface area contributed by atoms with E-state index in [4.69, 9.17) is 4.78 Å². The van der Waals surface area contributed by atoms with E-state index in [0.717, 1.165) is 0 Å². The van der Waals surface area contributed by atoms with Crippen LogP contribution in [-0.4, -0.2) is 20.0 Å². The van der Waals surface area contributed by atoms with E-state index in [1.54, 1.807) is 17.8 Å². The molecular formula is C5H9N3OS. The number of aromatic nitrogens is 2. The molecule has 0 aliphatic rings. The number of imidazole rings is 1. The van der Waals surface area contributed by atoms with Gasteiger partial charge in [0.05, 0.1) is 0 Å². The van der Waals surface area contributed by atoms with Crippen molar-refractivity contribution in [2.24, 2.45) is 7.05 Å². The van der Waals surface area contributed by atoms with Crippen molar-refractivity contribution in [1.82, 2.24) is 9.55 Å². The highest BCUT2D eigenvalue weighted by Crippen LogP contribution is 2.02. The Morgan fingerprint density at radius 1 is 1.80 bits per heavy atom. The third-order valence-corrected chi connectivity index (χ3v) is 2.22. The van der Waals surface area contributed by atoms with Gasteiger partial charge in [-0.3, -0.25) is 0 Å². The van der Waals surface area contributed by atoms with Gasteiger partial charge in [-0.2, -0.15) is 0 Å². The first-order valence-corrected chi connectivity index (χ1v) is 4.69. The Morgan fingerprint density at radius 2 is 2.40 bits per heavy atom. The van der Waals surface area contributed by atoms with Crippen molar-refractivity contribution in [2.45, 2.75) is 5.16 Å². The van der Waals surface area contributed by atoms with Crippen molar-refractivity contribution in [1.29, 1.82) is 4.78 Å². The van der Waals surface area contributed by atoms with E-state index in [2.05, 4.69) is 4.98 Å². The summed E-state index contributed by atoms with van der Waals surface area (Å²) in [7, 11) is -0.916. The third kappa shape index (κ3) is 1.18. The van der Waals surface area contributed by atoms with Crippen LogP contribution in [0.2, 0.25) is 0 Å². The molecule has 1 N–H and O–H groups in total. The molecule has 0 aromatic carbocycles. The average Bonchev–Trinajstić information content (AvgIpc) is 2.11. The van der Waals surface area contributed by atoms with Crippen molar-refractivity contribution in [3.05, 3.63) is 12.4 Å². The van der Waals surface area contributed by atoms with E-state index in [-0.39, 0.29) is 0 Å². The second-order valence-electron chi connectivity index (χ2n) is 2.16. The SMILES string of the molecule is Cn1ccnc1[S@@](C)(=N)=O. The van der Waals surface area contributed by atoms with Crippen molar-refractivity contribution in [2.75, 3.05) is 6.26 Å². The summed E-state index contributed by atoms with van der Waals surface area (Å²) < 4.78 is 19.8. The van der Waals surface area contributed by atoms with Crippen LogP contribution in [0.15, 0.2) is 17.6 Å². The molecule has 4 nitrogen and oxygen atoms in total. The van der Waals surface area contributed by atoms with Crippen LogP contribution in [0, 0.1) is 4.78 Å². The quantitative estimate of drug-likeness (QED) is 0.647. The largest absolute Gasteiger partial charge is 0.326 e. The Bertz CT molecular complexity index is 324. The minimum Gasteiger partial charge on any atom is -0.326 e. The summed E-state index contributed by atoms with van der Waals surface area (Å²) in [5, 5.41) is 0.326. The predicted octanol–water partition coefficient (Wildman–Crippen LogP) is 0.456. The van der Waals surface area contributed by atoms with Crippen molar-refractivity contribution in [3.63, 3.8) is 0 Å². The average molecular weight is 159 g/mol. The molecule has 0 fully saturated rings. The number of nitrogens with one attached hydrogen (secondary N) is 1. The van der Waals surface area contributed by atoms with Crippen LogP contribution < -0.4 is 0 Å². The van der Waals surface area contributed by atoms with E-state index < -0.39 is 9.73 Å². The number of aryl methyl sites for hydroxylation is 1. The standard InChI is InChI=1S/C5H9N3OS/c1-8-4-3-7-5(8)10(2,6)9/h3-4,6H,1-2H3/t10-/m0/s1. The second-order valence-corrected chi connectivity index (χ2v) is 4.22. The Labute approximate surface area is 59.9 Å². The molecule has 0 aliphatic carbocycles. The van der Waals surface area contributed by atoms with Crippen molar-refractivity contribution < 1.29 is 4.21 Å². The lowest BCUT2D eigenvalue weighted by Gasteiger charge is -1.98. The minimum absolute atomic E-state index is 0.326. The van der Waals surface area contributed by atoms with Gasteiger partial charge in [0, 0.05) is 25.7 Å². The molecule has 1 aromatic heterocycles. The molecule has 10 heavy (non-hydrogen) atoms. The summed E-state index contributed by atoms with van der Waals surface area (Å²) in [4.78, 5) is 3.79. The van der Waals surface area contributed by atoms with Crippen LogP contribution in [0.25, 0.3) is 0 Å². The molecule has 0 unspecified atom stereocenters. The fourth-order valence-electron chi connectivity index (χ4n) is 0.727. The van der Waals surface area contributed by atoms with Crippen LogP contribution >= 0.6 is 0 Å². The van der Waals surface area contributed by atoms with Gasteiger partial charge >= 0.3 is 0 Å². The summed E-state index contributed by atoms with van der Waals surface area (Å²) in [5.41, 5.74) is 0. The Balaban J connectivity index is 3.32. The molecule has 1 aromatic rings. The van der Waals surface area contributed by atoms with Crippen molar-refractivity contribution in [3.8, 4) is 0 Å². The molecule has 0 saturated heterocycles. The van der Waals surface area contributed by atoms with Gasteiger partial charge in [0.15, 0.2) is 0 Å². The van der Waals surface area contributed by atoms with Crippen LogP contribution in [0.1, 0.15) is 0 Å². The maximum atomic E-state index is 11.1. The number of rotatable bonds is 1. The Morgan fingerprint density at radius 3 is 2.60 bits per heavy atom. The van der Waals surface area contributed by atoms with E-state index in [9.17, 15) is 4.21 Å². The lowest BCUT2D eigenvalue weighted by atomic mass is 10.9. The van der Waals surface area contributed by atoms with Crippen LogP contribution in [0.4, 0.5) is 0 Å². The molecule has 0 saturated carbocycles. The van der Waals surface area contributed by atoms with E-state index in [1.807, 2.05) is 0 Å². The first-order valence-electron chi connectivity index (χ1n) is 2.73. The Hall–Kier alpha value is -0.840. The molecule has 0 aliphatic heterocycles. The normalized spacial score (nSPS) is 16.6. The lowest BCUT2D eigenvalue weighted by Crippen LogP contribution is -2.03. The highest BCUT2D eigenvalue weighted by atomic mass is 32.2. The van der Waals surface area contributed by atoms with Gasteiger partial charge in [-0.05, 0) is 0 Å².